The predicted octanol–water partition coefficient (Wildman–Crippen LogP) is 3.12. The van der Waals surface area contributed by atoms with E-state index >= 15 is 0 Å². The van der Waals surface area contributed by atoms with Crippen LogP contribution >= 0.6 is 0 Å². The summed E-state index contributed by atoms with van der Waals surface area (Å²) in [5.41, 5.74) is 1.73. The third-order valence-electron chi connectivity index (χ3n) is 5.53. The summed E-state index contributed by atoms with van der Waals surface area (Å²) in [4.78, 5) is 18.9. The average Bonchev–Trinajstić information content (AvgIpc) is 3.05. The highest BCUT2D eigenvalue weighted by Gasteiger charge is 2.54. The minimum Gasteiger partial charge on any atom is -0.371 e. The summed E-state index contributed by atoms with van der Waals surface area (Å²) in [6.45, 7) is 5.08. The molecule has 2 saturated heterocycles. The van der Waals surface area contributed by atoms with Crippen molar-refractivity contribution in [3.05, 3.63) is 59.8 Å². The number of aromatic nitrogens is 1. The Hall–Kier alpha value is -2.40. The first-order valence-electron chi connectivity index (χ1n) is 9.31. The van der Waals surface area contributed by atoms with Crippen LogP contribution in [0.1, 0.15) is 28.8 Å². The molecule has 1 aromatic heterocycles. The molecule has 5 nitrogen and oxygen atoms in total. The van der Waals surface area contributed by atoms with Gasteiger partial charge in [0, 0.05) is 24.9 Å². The molecule has 1 unspecified atom stereocenters. The first-order valence-corrected chi connectivity index (χ1v) is 9.31. The fourth-order valence-corrected chi connectivity index (χ4v) is 4.09. The van der Waals surface area contributed by atoms with Crippen molar-refractivity contribution < 1.29 is 9.53 Å². The van der Waals surface area contributed by atoms with Crippen LogP contribution in [0, 0.1) is 12.8 Å². The highest BCUT2D eigenvalue weighted by Crippen LogP contribution is 2.42. The summed E-state index contributed by atoms with van der Waals surface area (Å²) in [5, 5.41) is 3.38. The van der Waals surface area contributed by atoms with E-state index in [0.29, 0.717) is 19.0 Å². The molecule has 136 valence electrons. The lowest BCUT2D eigenvalue weighted by Gasteiger charge is -2.50. The van der Waals surface area contributed by atoms with Gasteiger partial charge in [-0.3, -0.25) is 4.79 Å². The maximum Gasteiger partial charge on any atom is 0.254 e. The largest absolute Gasteiger partial charge is 0.371 e. The van der Waals surface area contributed by atoms with E-state index in [0.717, 1.165) is 42.9 Å². The molecule has 1 N–H and O–H groups in total. The summed E-state index contributed by atoms with van der Waals surface area (Å²) in [6, 6.07) is 13.7. The predicted molar refractivity (Wildman–Crippen MR) is 101 cm³/mol. The van der Waals surface area contributed by atoms with Gasteiger partial charge in [0.2, 0.25) is 0 Å². The molecule has 1 spiro atoms. The molecule has 2 aromatic rings. The first kappa shape index (κ1) is 17.0. The molecule has 0 aliphatic carbocycles. The maximum atomic E-state index is 12.7. The summed E-state index contributed by atoms with van der Waals surface area (Å²) < 4.78 is 6.09. The zero-order valence-corrected chi connectivity index (χ0v) is 15.1. The number of benzene rings is 1. The second kappa shape index (κ2) is 7.08. The van der Waals surface area contributed by atoms with E-state index in [-0.39, 0.29) is 11.5 Å². The Balaban J connectivity index is 1.32. The Kier molecular flexibility index (Phi) is 4.64. The van der Waals surface area contributed by atoms with Crippen LogP contribution in [0.25, 0.3) is 0 Å². The molecule has 1 atom stereocenters. The quantitative estimate of drug-likeness (QED) is 0.899. The van der Waals surface area contributed by atoms with Crippen molar-refractivity contribution in [3.63, 3.8) is 0 Å². The minimum absolute atomic E-state index is 0.111. The Morgan fingerprint density at radius 3 is 2.96 bits per heavy atom. The van der Waals surface area contributed by atoms with Gasteiger partial charge in [0.05, 0.1) is 13.1 Å². The van der Waals surface area contributed by atoms with Crippen LogP contribution < -0.4 is 5.32 Å². The highest BCUT2D eigenvalue weighted by molar-refractivity contribution is 5.95. The van der Waals surface area contributed by atoms with E-state index in [9.17, 15) is 4.79 Å². The molecule has 26 heavy (non-hydrogen) atoms. The number of aryl methyl sites for hydroxylation is 1. The van der Waals surface area contributed by atoms with E-state index in [1.54, 1.807) is 6.20 Å². The monoisotopic (exact) mass is 351 g/mol. The van der Waals surface area contributed by atoms with Gasteiger partial charge >= 0.3 is 0 Å². The van der Waals surface area contributed by atoms with Gasteiger partial charge in [0.15, 0.2) is 0 Å². The fraction of sp³-hybridized carbons (Fsp3) is 0.429. The van der Waals surface area contributed by atoms with Crippen molar-refractivity contribution >= 4 is 11.7 Å². The molecular weight excluding hydrogens is 326 g/mol. The van der Waals surface area contributed by atoms with Crippen LogP contribution in [0.5, 0.6) is 0 Å². The lowest BCUT2D eigenvalue weighted by molar-refractivity contribution is -0.117. The smallest absolute Gasteiger partial charge is 0.254 e. The van der Waals surface area contributed by atoms with Gasteiger partial charge in [-0.25, -0.2) is 4.98 Å². The molecule has 2 aliphatic heterocycles. The second-order valence-corrected chi connectivity index (χ2v) is 7.36. The molecule has 5 heteroatoms. The Morgan fingerprint density at radius 2 is 2.19 bits per heavy atom. The van der Waals surface area contributed by atoms with Crippen LogP contribution in [0.4, 0.5) is 5.82 Å². The van der Waals surface area contributed by atoms with Crippen LogP contribution in [0.2, 0.25) is 0 Å². The highest BCUT2D eigenvalue weighted by atomic mass is 16.5. The third-order valence-corrected chi connectivity index (χ3v) is 5.53. The van der Waals surface area contributed by atoms with Crippen LogP contribution in [0.15, 0.2) is 48.7 Å². The summed E-state index contributed by atoms with van der Waals surface area (Å²) in [6.07, 6.45) is 3.89. The van der Waals surface area contributed by atoms with Crippen molar-refractivity contribution in [1.82, 2.24) is 9.88 Å². The molecule has 1 amide bonds. The van der Waals surface area contributed by atoms with Crippen molar-refractivity contribution in [3.8, 4) is 0 Å². The van der Waals surface area contributed by atoms with E-state index in [4.69, 9.17) is 4.74 Å². The van der Waals surface area contributed by atoms with Gasteiger partial charge in [-0.15, -0.1) is 0 Å². The number of rotatable bonds is 5. The van der Waals surface area contributed by atoms with E-state index in [1.165, 1.54) is 0 Å². The van der Waals surface area contributed by atoms with Crippen LogP contribution in [-0.4, -0.2) is 47.6 Å². The number of carbonyl (C=O) groups excluding carboxylic acids is 1. The zero-order valence-electron chi connectivity index (χ0n) is 15.1. The van der Waals surface area contributed by atoms with E-state index < -0.39 is 0 Å². The number of amides is 1. The van der Waals surface area contributed by atoms with Gasteiger partial charge < -0.3 is 15.0 Å². The van der Waals surface area contributed by atoms with Crippen molar-refractivity contribution in [2.24, 2.45) is 5.92 Å². The number of nitrogens with zero attached hydrogens (tertiary/aromatic N) is 2. The lowest BCUT2D eigenvalue weighted by Crippen LogP contribution is -2.66. The average molecular weight is 351 g/mol. The summed E-state index contributed by atoms with van der Waals surface area (Å²) >= 11 is 0. The SMILES string of the molecule is Cc1cccc(C(=O)N2CC3(C2)OCCC3CCNc2ccccn2)c1. The van der Waals surface area contributed by atoms with Crippen LogP contribution in [0.3, 0.4) is 0 Å². The number of carbonyl (C=O) groups is 1. The molecule has 4 rings (SSSR count). The Bertz CT molecular complexity index is 772. The number of hydrogen-bond donors (Lipinski definition) is 1. The van der Waals surface area contributed by atoms with Gasteiger partial charge in [-0.05, 0) is 49.9 Å². The van der Waals surface area contributed by atoms with E-state index in [2.05, 4.69) is 10.3 Å². The number of pyridine rings is 1. The minimum atomic E-state index is -0.148. The Morgan fingerprint density at radius 1 is 1.31 bits per heavy atom. The number of hydrogen-bond acceptors (Lipinski definition) is 4. The van der Waals surface area contributed by atoms with Gasteiger partial charge in [0.25, 0.3) is 5.91 Å². The van der Waals surface area contributed by atoms with E-state index in [1.807, 2.05) is 54.3 Å². The molecule has 3 heterocycles. The topological polar surface area (TPSA) is 54.5 Å². The number of nitrogens with one attached hydrogen (secondary N) is 1. The molecule has 1 aromatic carbocycles. The number of anilines is 1. The van der Waals surface area contributed by atoms with Crippen LogP contribution in [-0.2, 0) is 4.74 Å². The molecular formula is C21H25N3O2. The maximum absolute atomic E-state index is 12.7. The van der Waals surface area contributed by atoms with Gasteiger partial charge in [-0.2, -0.15) is 0 Å². The molecule has 0 radical (unpaired) electrons. The summed E-state index contributed by atoms with van der Waals surface area (Å²) in [5.74, 6) is 1.51. The van der Waals surface area contributed by atoms with Gasteiger partial charge in [-0.1, -0.05) is 23.8 Å². The Labute approximate surface area is 154 Å². The van der Waals surface area contributed by atoms with Crippen molar-refractivity contribution in [2.75, 3.05) is 31.6 Å². The summed E-state index contributed by atoms with van der Waals surface area (Å²) in [7, 11) is 0. The molecule has 0 saturated carbocycles. The van der Waals surface area contributed by atoms with Crippen molar-refractivity contribution in [1.29, 1.82) is 0 Å². The molecule has 0 bridgehead atoms. The third kappa shape index (κ3) is 3.31. The molecule has 2 aliphatic rings. The van der Waals surface area contributed by atoms with Gasteiger partial charge in [0.1, 0.15) is 11.4 Å². The lowest BCUT2D eigenvalue weighted by atomic mass is 9.78. The number of ether oxygens (including phenoxy) is 1. The molecule has 2 fully saturated rings. The normalized spacial score (nSPS) is 20.8. The standard InChI is InChI=1S/C21H25N3O2/c1-16-5-4-6-17(13-16)20(25)24-14-21(15-24)18(9-12-26-21)8-11-23-19-7-2-3-10-22-19/h2-7,10,13,18H,8-9,11-12,14-15H2,1H3,(H,22,23). The first-order chi connectivity index (χ1) is 12.7. The van der Waals surface area contributed by atoms with Crippen molar-refractivity contribution in [2.45, 2.75) is 25.4 Å². The zero-order chi connectivity index (χ0) is 18.0. The number of likely N-dealkylation sites (tertiary alicyclic amines) is 1. The second-order valence-electron chi connectivity index (χ2n) is 7.36. The fourth-order valence-electron chi connectivity index (χ4n) is 4.09.